The van der Waals surface area contributed by atoms with E-state index in [1.807, 2.05) is 24.8 Å². The molecule has 3 aromatic rings. The SMILES string of the molecule is CNC(c1ccc(C)cc1)c1nn(C)c2ccccc12. The number of nitrogens with zero attached hydrogens (tertiary/aromatic N) is 2. The first kappa shape index (κ1) is 12.9. The van der Waals surface area contributed by atoms with Crippen molar-refractivity contribution >= 4 is 10.9 Å². The zero-order chi connectivity index (χ0) is 14.1. The van der Waals surface area contributed by atoms with Gasteiger partial charge in [-0.15, -0.1) is 0 Å². The fourth-order valence-electron chi connectivity index (χ4n) is 2.68. The van der Waals surface area contributed by atoms with Crippen LogP contribution in [0.4, 0.5) is 0 Å². The van der Waals surface area contributed by atoms with Crippen molar-refractivity contribution in [1.29, 1.82) is 0 Å². The lowest BCUT2D eigenvalue weighted by atomic mass is 10.00. The fourth-order valence-corrected chi connectivity index (χ4v) is 2.68. The first-order chi connectivity index (χ1) is 9.70. The molecule has 0 saturated carbocycles. The van der Waals surface area contributed by atoms with Crippen LogP contribution in [-0.2, 0) is 7.05 Å². The molecule has 1 aromatic heterocycles. The Hall–Kier alpha value is -2.13. The minimum absolute atomic E-state index is 0.113. The molecule has 0 aliphatic heterocycles. The number of para-hydroxylation sites is 1. The van der Waals surface area contributed by atoms with Crippen LogP contribution in [0.2, 0.25) is 0 Å². The third kappa shape index (κ3) is 2.10. The predicted molar refractivity (Wildman–Crippen MR) is 82.8 cm³/mol. The Morgan fingerprint density at radius 1 is 1.05 bits per heavy atom. The summed E-state index contributed by atoms with van der Waals surface area (Å²) in [5, 5.41) is 9.30. The fraction of sp³-hybridized carbons (Fsp3) is 0.235. The van der Waals surface area contributed by atoms with Crippen molar-refractivity contribution in [2.24, 2.45) is 7.05 Å². The Morgan fingerprint density at radius 3 is 2.45 bits per heavy atom. The van der Waals surface area contributed by atoms with Gasteiger partial charge in [-0.05, 0) is 25.6 Å². The third-order valence-electron chi connectivity index (χ3n) is 3.76. The molecule has 2 aromatic carbocycles. The maximum absolute atomic E-state index is 4.71. The molecule has 1 heterocycles. The number of nitrogens with one attached hydrogen (secondary N) is 1. The largest absolute Gasteiger partial charge is 0.308 e. The van der Waals surface area contributed by atoms with E-state index in [1.165, 1.54) is 16.5 Å². The molecule has 0 fully saturated rings. The molecule has 0 saturated heterocycles. The quantitative estimate of drug-likeness (QED) is 0.788. The summed E-state index contributed by atoms with van der Waals surface area (Å²) in [4.78, 5) is 0. The first-order valence-corrected chi connectivity index (χ1v) is 6.86. The summed E-state index contributed by atoms with van der Waals surface area (Å²) in [5.41, 5.74) is 4.75. The van der Waals surface area contributed by atoms with Gasteiger partial charge in [0.1, 0.15) is 0 Å². The van der Waals surface area contributed by atoms with Gasteiger partial charge in [0.25, 0.3) is 0 Å². The van der Waals surface area contributed by atoms with E-state index in [-0.39, 0.29) is 6.04 Å². The minimum atomic E-state index is 0.113. The van der Waals surface area contributed by atoms with E-state index < -0.39 is 0 Å². The van der Waals surface area contributed by atoms with Gasteiger partial charge >= 0.3 is 0 Å². The second-order valence-electron chi connectivity index (χ2n) is 5.16. The van der Waals surface area contributed by atoms with E-state index in [0.29, 0.717) is 0 Å². The van der Waals surface area contributed by atoms with Crippen LogP contribution in [0.3, 0.4) is 0 Å². The van der Waals surface area contributed by atoms with Gasteiger partial charge in [0.05, 0.1) is 17.3 Å². The van der Waals surface area contributed by atoms with E-state index in [9.17, 15) is 0 Å². The van der Waals surface area contributed by atoms with Crippen molar-refractivity contribution in [2.75, 3.05) is 7.05 Å². The lowest BCUT2D eigenvalue weighted by Crippen LogP contribution is -2.18. The Kier molecular flexibility index (Phi) is 3.28. The molecule has 0 aliphatic carbocycles. The van der Waals surface area contributed by atoms with Gasteiger partial charge in [-0.3, -0.25) is 4.68 Å². The van der Waals surface area contributed by atoms with E-state index in [0.717, 1.165) is 11.2 Å². The molecule has 0 spiro atoms. The highest BCUT2D eigenvalue weighted by molar-refractivity contribution is 5.82. The normalized spacial score (nSPS) is 12.8. The van der Waals surface area contributed by atoms with E-state index in [1.54, 1.807) is 0 Å². The van der Waals surface area contributed by atoms with Crippen LogP contribution in [0.5, 0.6) is 0 Å². The number of aromatic nitrogens is 2. The van der Waals surface area contributed by atoms with Gasteiger partial charge in [-0.1, -0.05) is 48.0 Å². The van der Waals surface area contributed by atoms with Crippen LogP contribution in [-0.4, -0.2) is 16.8 Å². The topological polar surface area (TPSA) is 29.9 Å². The summed E-state index contributed by atoms with van der Waals surface area (Å²) >= 11 is 0. The summed E-state index contributed by atoms with van der Waals surface area (Å²) in [6.45, 7) is 2.11. The maximum atomic E-state index is 4.71. The molecule has 3 heteroatoms. The molecular weight excluding hydrogens is 246 g/mol. The summed E-state index contributed by atoms with van der Waals surface area (Å²) in [5.74, 6) is 0. The third-order valence-corrected chi connectivity index (χ3v) is 3.76. The zero-order valence-corrected chi connectivity index (χ0v) is 12.1. The Bertz CT molecular complexity index is 726. The Morgan fingerprint density at radius 2 is 1.75 bits per heavy atom. The summed E-state index contributed by atoms with van der Waals surface area (Å²) in [6.07, 6.45) is 0. The second-order valence-corrected chi connectivity index (χ2v) is 5.16. The van der Waals surface area contributed by atoms with Crippen molar-refractivity contribution < 1.29 is 0 Å². The van der Waals surface area contributed by atoms with Crippen molar-refractivity contribution in [3.05, 3.63) is 65.4 Å². The highest BCUT2D eigenvalue weighted by Crippen LogP contribution is 2.27. The van der Waals surface area contributed by atoms with Gasteiger partial charge in [0.2, 0.25) is 0 Å². The molecule has 1 unspecified atom stereocenters. The Balaban J connectivity index is 2.14. The van der Waals surface area contributed by atoms with Crippen LogP contribution >= 0.6 is 0 Å². The number of benzene rings is 2. The monoisotopic (exact) mass is 265 g/mol. The van der Waals surface area contributed by atoms with Gasteiger partial charge in [0.15, 0.2) is 0 Å². The minimum Gasteiger partial charge on any atom is -0.308 e. The molecule has 1 N–H and O–H groups in total. The number of hydrogen-bond acceptors (Lipinski definition) is 2. The molecule has 0 bridgehead atoms. The predicted octanol–water partition coefficient (Wildman–Crippen LogP) is 3.19. The van der Waals surface area contributed by atoms with Gasteiger partial charge in [0, 0.05) is 12.4 Å². The average Bonchev–Trinajstić information content (AvgIpc) is 2.80. The van der Waals surface area contributed by atoms with Crippen molar-refractivity contribution in [2.45, 2.75) is 13.0 Å². The van der Waals surface area contributed by atoms with Crippen LogP contribution in [0.25, 0.3) is 10.9 Å². The molecule has 3 rings (SSSR count). The van der Waals surface area contributed by atoms with Crippen LogP contribution in [0.15, 0.2) is 48.5 Å². The first-order valence-electron chi connectivity index (χ1n) is 6.86. The highest BCUT2D eigenvalue weighted by atomic mass is 15.3. The van der Waals surface area contributed by atoms with Crippen LogP contribution < -0.4 is 5.32 Å². The van der Waals surface area contributed by atoms with E-state index in [4.69, 9.17) is 5.10 Å². The van der Waals surface area contributed by atoms with Crippen molar-refractivity contribution in [1.82, 2.24) is 15.1 Å². The molecule has 102 valence electrons. The molecule has 0 radical (unpaired) electrons. The second kappa shape index (κ2) is 5.10. The molecule has 0 aliphatic rings. The smallest absolute Gasteiger partial charge is 0.0917 e. The van der Waals surface area contributed by atoms with E-state index >= 15 is 0 Å². The van der Waals surface area contributed by atoms with Crippen molar-refractivity contribution in [3.63, 3.8) is 0 Å². The van der Waals surface area contributed by atoms with Crippen LogP contribution in [0, 0.1) is 6.92 Å². The molecule has 0 amide bonds. The average molecular weight is 265 g/mol. The lowest BCUT2D eigenvalue weighted by molar-refractivity contribution is 0.648. The van der Waals surface area contributed by atoms with Crippen LogP contribution in [0.1, 0.15) is 22.9 Å². The Labute approximate surface area is 119 Å². The molecule has 1 atom stereocenters. The molecule has 3 nitrogen and oxygen atoms in total. The summed E-state index contributed by atoms with van der Waals surface area (Å²) in [7, 11) is 3.97. The standard InChI is InChI=1S/C17H19N3/c1-12-8-10-13(11-9-12)16(18-2)17-14-6-4-5-7-15(14)20(3)19-17/h4-11,16,18H,1-3H3. The summed E-state index contributed by atoms with van der Waals surface area (Å²) in [6, 6.07) is 17.1. The number of fused-ring (bicyclic) bond motifs is 1. The zero-order valence-electron chi connectivity index (χ0n) is 12.1. The highest BCUT2D eigenvalue weighted by Gasteiger charge is 2.18. The number of hydrogen-bond donors (Lipinski definition) is 1. The van der Waals surface area contributed by atoms with Gasteiger partial charge < -0.3 is 5.32 Å². The van der Waals surface area contributed by atoms with Gasteiger partial charge in [-0.2, -0.15) is 5.10 Å². The summed E-state index contributed by atoms with van der Waals surface area (Å²) < 4.78 is 1.95. The van der Waals surface area contributed by atoms with E-state index in [2.05, 4.69) is 54.7 Å². The van der Waals surface area contributed by atoms with Crippen molar-refractivity contribution in [3.8, 4) is 0 Å². The molecule has 20 heavy (non-hydrogen) atoms. The molecular formula is C17H19N3. The van der Waals surface area contributed by atoms with Gasteiger partial charge in [-0.25, -0.2) is 0 Å². The lowest BCUT2D eigenvalue weighted by Gasteiger charge is -2.15. The number of aryl methyl sites for hydroxylation is 2. The number of rotatable bonds is 3. The maximum Gasteiger partial charge on any atom is 0.0917 e.